The Morgan fingerprint density at radius 3 is 1.56 bits per heavy atom. The third kappa shape index (κ3) is 9.18. The summed E-state index contributed by atoms with van der Waals surface area (Å²) in [5.41, 5.74) is 0. The van der Waals surface area contributed by atoms with Crippen LogP contribution in [0.25, 0.3) is 0 Å². The van der Waals surface area contributed by atoms with Crippen LogP contribution in [0.5, 0.6) is 0 Å². The van der Waals surface area contributed by atoms with Gasteiger partial charge in [0.25, 0.3) is 0 Å². The molecule has 0 aromatic heterocycles. The molecule has 0 radical (unpaired) electrons. The van der Waals surface area contributed by atoms with Crippen molar-refractivity contribution in [2.24, 2.45) is 0 Å². The molecule has 0 bridgehead atoms. The van der Waals surface area contributed by atoms with Crippen molar-refractivity contribution in [3.63, 3.8) is 0 Å². The van der Waals surface area contributed by atoms with Crippen LogP contribution in [0.15, 0.2) is 0 Å². The predicted molar refractivity (Wildman–Crippen MR) is 112 cm³/mol. The van der Waals surface area contributed by atoms with Crippen LogP contribution in [0.1, 0.15) is 0 Å². The van der Waals surface area contributed by atoms with Crippen molar-refractivity contribution >= 4 is 56.6 Å². The Hall–Kier alpha value is 0.320. The third-order valence-electron chi connectivity index (χ3n) is 3.61. The predicted octanol–water partition coefficient (Wildman–Crippen LogP) is 1.68. The first kappa shape index (κ1) is 21.6. The fourth-order valence-electron chi connectivity index (χ4n) is 2.23. The maximum absolute atomic E-state index is 5.48. The number of hydrogen-bond acceptors (Lipinski definition) is 8. The van der Waals surface area contributed by atoms with Crippen LogP contribution in [-0.4, -0.2) is 103 Å². The monoisotopic (exact) mass is 426 g/mol. The topological polar surface area (TPSA) is 43.4 Å². The largest absolute Gasteiger partial charge is 0.378 e. The van der Waals surface area contributed by atoms with E-state index in [0.717, 1.165) is 72.8 Å². The molecule has 0 N–H and O–H groups in total. The van der Waals surface area contributed by atoms with E-state index in [1.807, 2.05) is 0 Å². The van der Waals surface area contributed by atoms with E-state index in [2.05, 4.69) is 9.80 Å². The molecule has 0 aromatic rings. The number of rotatable bonds is 8. The molecular formula is C15H26N2O4S4. The third-order valence-corrected chi connectivity index (χ3v) is 6.59. The molecule has 0 atom stereocenters. The van der Waals surface area contributed by atoms with Gasteiger partial charge in [-0.25, -0.2) is 0 Å². The number of nitrogens with zero attached hydrogens (tertiary/aromatic N) is 2. The molecule has 2 fully saturated rings. The number of hydrogen-bond donors (Lipinski definition) is 0. The summed E-state index contributed by atoms with van der Waals surface area (Å²) in [6.07, 6.45) is 0. The summed E-state index contributed by atoms with van der Waals surface area (Å²) in [5, 5.41) is 0. The molecule has 0 amide bonds. The molecule has 0 spiro atoms. The average Bonchev–Trinajstić information content (AvgIpc) is 2.67. The van der Waals surface area contributed by atoms with E-state index in [0.29, 0.717) is 20.0 Å². The van der Waals surface area contributed by atoms with Gasteiger partial charge in [0, 0.05) is 37.7 Å². The molecular weight excluding hydrogens is 400 g/mol. The van der Waals surface area contributed by atoms with Gasteiger partial charge in [-0.3, -0.25) is 0 Å². The lowest BCUT2D eigenvalue weighted by Crippen LogP contribution is -2.38. The van der Waals surface area contributed by atoms with Gasteiger partial charge in [0.2, 0.25) is 0 Å². The Bertz CT molecular complexity index is 369. The summed E-state index contributed by atoms with van der Waals surface area (Å²) in [6, 6.07) is 0. The van der Waals surface area contributed by atoms with E-state index in [1.54, 1.807) is 23.5 Å². The standard InChI is InChI=1S/C15H26N2O4S4/c22-14(16-1-5-18-6-2-16)24-11-9-20-13-21-10-12-25-15(23)17-3-7-19-8-4-17/h1-13H2. The van der Waals surface area contributed by atoms with Crippen LogP contribution in [0.2, 0.25) is 0 Å². The maximum atomic E-state index is 5.48. The highest BCUT2D eigenvalue weighted by Crippen LogP contribution is 2.12. The Balaban J connectivity index is 1.37. The van der Waals surface area contributed by atoms with E-state index in [4.69, 9.17) is 43.4 Å². The molecule has 10 heteroatoms. The van der Waals surface area contributed by atoms with Gasteiger partial charge >= 0.3 is 0 Å². The molecule has 25 heavy (non-hydrogen) atoms. The second kappa shape index (κ2) is 13.5. The molecule has 144 valence electrons. The molecule has 2 rings (SSSR count). The fraction of sp³-hybridized carbons (Fsp3) is 0.867. The molecule has 2 heterocycles. The summed E-state index contributed by atoms with van der Waals surface area (Å²) < 4.78 is 23.5. The maximum Gasteiger partial charge on any atom is 0.146 e. The summed E-state index contributed by atoms with van der Waals surface area (Å²) in [4.78, 5) is 4.38. The molecule has 2 saturated heterocycles. The normalized spacial score (nSPS) is 18.4. The molecule has 2 aliphatic rings. The molecule has 0 unspecified atom stereocenters. The molecule has 0 aliphatic carbocycles. The van der Waals surface area contributed by atoms with E-state index in [9.17, 15) is 0 Å². The Kier molecular flexibility index (Phi) is 11.7. The summed E-state index contributed by atoms with van der Waals surface area (Å²) in [5.74, 6) is 1.69. The zero-order valence-electron chi connectivity index (χ0n) is 14.4. The first-order valence-electron chi connectivity index (χ1n) is 8.42. The van der Waals surface area contributed by atoms with Crippen LogP contribution in [0.3, 0.4) is 0 Å². The minimum atomic E-state index is 0.315. The SMILES string of the molecule is S=C(SCCOCOCCSC(=S)N1CCOCC1)N1CCOCC1. The van der Waals surface area contributed by atoms with Gasteiger partial charge in [-0.2, -0.15) is 0 Å². The van der Waals surface area contributed by atoms with Crippen LogP contribution < -0.4 is 0 Å². The van der Waals surface area contributed by atoms with Gasteiger partial charge < -0.3 is 28.7 Å². The zero-order chi connectivity index (χ0) is 17.7. The van der Waals surface area contributed by atoms with Crippen molar-refractivity contribution in [1.82, 2.24) is 9.80 Å². The lowest BCUT2D eigenvalue weighted by atomic mass is 10.5. The quantitative estimate of drug-likeness (QED) is 0.325. The van der Waals surface area contributed by atoms with Crippen molar-refractivity contribution < 1.29 is 18.9 Å². The second-order valence-corrected chi connectivity index (χ2v) is 8.82. The van der Waals surface area contributed by atoms with Gasteiger partial charge in [-0.15, -0.1) is 0 Å². The first-order valence-corrected chi connectivity index (χ1v) is 11.2. The van der Waals surface area contributed by atoms with Crippen LogP contribution in [0.4, 0.5) is 0 Å². The minimum absolute atomic E-state index is 0.315. The molecule has 2 aliphatic heterocycles. The van der Waals surface area contributed by atoms with E-state index in [1.165, 1.54) is 0 Å². The second-order valence-electron chi connectivity index (χ2n) is 5.36. The molecule has 0 aromatic carbocycles. The number of morpholine rings is 2. The van der Waals surface area contributed by atoms with Gasteiger partial charge in [0.15, 0.2) is 0 Å². The smallest absolute Gasteiger partial charge is 0.146 e. The highest BCUT2D eigenvalue weighted by Gasteiger charge is 2.14. The van der Waals surface area contributed by atoms with Gasteiger partial charge in [-0.05, 0) is 0 Å². The van der Waals surface area contributed by atoms with Gasteiger partial charge in [0.05, 0.1) is 39.6 Å². The first-order chi connectivity index (χ1) is 12.3. The van der Waals surface area contributed by atoms with E-state index >= 15 is 0 Å². The minimum Gasteiger partial charge on any atom is -0.378 e. The molecule has 6 nitrogen and oxygen atoms in total. The summed E-state index contributed by atoms with van der Waals surface area (Å²) >= 11 is 14.1. The number of thiocarbonyl (C=S) groups is 2. The Morgan fingerprint density at radius 1 is 0.760 bits per heavy atom. The lowest BCUT2D eigenvalue weighted by molar-refractivity contribution is -0.0425. The molecule has 0 saturated carbocycles. The fourth-order valence-corrected chi connectivity index (χ4v) is 4.57. The summed E-state index contributed by atoms with van der Waals surface area (Å²) in [6.45, 7) is 8.18. The zero-order valence-corrected chi connectivity index (χ0v) is 17.6. The summed E-state index contributed by atoms with van der Waals surface area (Å²) in [7, 11) is 0. The Labute approximate surface area is 169 Å². The van der Waals surface area contributed by atoms with Crippen molar-refractivity contribution in [1.29, 1.82) is 0 Å². The average molecular weight is 427 g/mol. The highest BCUT2D eigenvalue weighted by molar-refractivity contribution is 8.23. The van der Waals surface area contributed by atoms with E-state index in [-0.39, 0.29) is 0 Å². The van der Waals surface area contributed by atoms with Crippen LogP contribution in [0, 0.1) is 0 Å². The van der Waals surface area contributed by atoms with Crippen LogP contribution >= 0.6 is 48.0 Å². The lowest BCUT2D eigenvalue weighted by Gasteiger charge is -2.28. The van der Waals surface area contributed by atoms with Gasteiger partial charge in [-0.1, -0.05) is 48.0 Å². The van der Waals surface area contributed by atoms with Crippen molar-refractivity contribution in [2.45, 2.75) is 0 Å². The van der Waals surface area contributed by atoms with Crippen molar-refractivity contribution in [2.75, 3.05) is 84.1 Å². The van der Waals surface area contributed by atoms with Crippen LogP contribution in [-0.2, 0) is 18.9 Å². The van der Waals surface area contributed by atoms with E-state index < -0.39 is 0 Å². The number of ether oxygens (including phenoxy) is 4. The Morgan fingerprint density at radius 2 is 1.16 bits per heavy atom. The van der Waals surface area contributed by atoms with Gasteiger partial charge in [0.1, 0.15) is 15.4 Å². The number of thioether (sulfide) groups is 2. The van der Waals surface area contributed by atoms with Crippen molar-refractivity contribution in [3.05, 3.63) is 0 Å². The van der Waals surface area contributed by atoms with Crippen molar-refractivity contribution in [3.8, 4) is 0 Å². The highest BCUT2D eigenvalue weighted by atomic mass is 32.2.